The predicted octanol–water partition coefficient (Wildman–Crippen LogP) is 1.73. The highest BCUT2D eigenvalue weighted by Crippen LogP contribution is 2.35. The Morgan fingerprint density at radius 3 is 2.29 bits per heavy atom. The maximum atomic E-state index is 11.9. The van der Waals surface area contributed by atoms with Gasteiger partial charge in [-0.2, -0.15) is 0 Å². The molecule has 0 radical (unpaired) electrons. The number of esters is 1. The fourth-order valence-electron chi connectivity index (χ4n) is 2.64. The Bertz CT molecular complexity index is 638. The number of carboxylic acids is 2. The smallest absolute Gasteiger partial charge is 0.338 e. The van der Waals surface area contributed by atoms with E-state index in [1.165, 1.54) is 0 Å². The minimum absolute atomic E-state index is 0.140. The maximum Gasteiger partial charge on any atom is 0.338 e. The molecular formula is C17H18O7. The van der Waals surface area contributed by atoms with Gasteiger partial charge in [-0.05, 0) is 17.7 Å². The monoisotopic (exact) mass is 334 g/mol. The number of benzene rings is 1. The largest absolute Gasteiger partial charge is 0.481 e. The molecule has 1 aromatic rings. The van der Waals surface area contributed by atoms with Gasteiger partial charge in [0.2, 0.25) is 0 Å². The molecule has 1 heterocycles. The summed E-state index contributed by atoms with van der Waals surface area (Å²) in [5.41, 5.74) is 0.815. The zero-order valence-electron chi connectivity index (χ0n) is 12.9. The Hall–Kier alpha value is -2.67. The standard InChI is InChI=1S/C17H18O7/c1-10-12(7-15(18)19)13(8-16(20)21)24-14(10)9-23-17(22)11-5-3-2-4-6-11/h2-6,12-14H,1,7-9H2,(H,18,19)(H,20,21)/t12-,13?,14-/m1/s1. The Labute approximate surface area is 138 Å². The fourth-order valence-corrected chi connectivity index (χ4v) is 2.64. The van der Waals surface area contributed by atoms with Crippen molar-refractivity contribution in [2.45, 2.75) is 25.0 Å². The summed E-state index contributed by atoms with van der Waals surface area (Å²) < 4.78 is 10.7. The van der Waals surface area contributed by atoms with Crippen molar-refractivity contribution in [3.05, 3.63) is 48.0 Å². The lowest BCUT2D eigenvalue weighted by molar-refractivity contribution is -0.143. The van der Waals surface area contributed by atoms with E-state index >= 15 is 0 Å². The van der Waals surface area contributed by atoms with Crippen LogP contribution >= 0.6 is 0 Å². The Kier molecular flexibility index (Phi) is 5.70. The molecule has 1 aliphatic rings. The highest BCUT2D eigenvalue weighted by atomic mass is 16.6. The van der Waals surface area contributed by atoms with Crippen LogP contribution in [0, 0.1) is 5.92 Å². The van der Waals surface area contributed by atoms with Gasteiger partial charge in [0.05, 0.1) is 24.5 Å². The van der Waals surface area contributed by atoms with E-state index in [9.17, 15) is 14.4 Å². The molecule has 2 N–H and O–H groups in total. The van der Waals surface area contributed by atoms with Crippen LogP contribution in [0.5, 0.6) is 0 Å². The van der Waals surface area contributed by atoms with E-state index in [0.29, 0.717) is 11.1 Å². The summed E-state index contributed by atoms with van der Waals surface area (Å²) >= 11 is 0. The van der Waals surface area contributed by atoms with Crippen molar-refractivity contribution < 1.29 is 34.1 Å². The van der Waals surface area contributed by atoms with E-state index in [1.807, 2.05) is 0 Å². The first kappa shape index (κ1) is 17.7. The molecule has 0 amide bonds. The summed E-state index contributed by atoms with van der Waals surface area (Å²) in [5, 5.41) is 17.9. The van der Waals surface area contributed by atoms with Crippen molar-refractivity contribution in [2.24, 2.45) is 5.92 Å². The summed E-state index contributed by atoms with van der Waals surface area (Å²) in [4.78, 5) is 33.8. The number of carbonyl (C=O) groups is 3. The second-order valence-electron chi connectivity index (χ2n) is 5.50. The third-order valence-electron chi connectivity index (χ3n) is 3.82. The number of rotatable bonds is 7. The molecule has 0 bridgehead atoms. The molecule has 0 aromatic heterocycles. The number of carbonyl (C=O) groups excluding carboxylic acids is 1. The molecule has 1 fully saturated rings. The lowest BCUT2D eigenvalue weighted by Gasteiger charge is -2.14. The van der Waals surface area contributed by atoms with Gasteiger partial charge in [0.15, 0.2) is 0 Å². The van der Waals surface area contributed by atoms with Gasteiger partial charge < -0.3 is 19.7 Å². The van der Waals surface area contributed by atoms with Crippen LogP contribution in [0.25, 0.3) is 0 Å². The Balaban J connectivity index is 2.00. The third-order valence-corrected chi connectivity index (χ3v) is 3.82. The number of ether oxygens (including phenoxy) is 2. The topological polar surface area (TPSA) is 110 Å². The summed E-state index contributed by atoms with van der Waals surface area (Å²) in [6, 6.07) is 8.38. The average molecular weight is 334 g/mol. The van der Waals surface area contributed by atoms with Crippen LogP contribution in [0.15, 0.2) is 42.5 Å². The second kappa shape index (κ2) is 7.74. The highest BCUT2D eigenvalue weighted by Gasteiger charge is 2.41. The first-order valence-electron chi connectivity index (χ1n) is 7.38. The van der Waals surface area contributed by atoms with Crippen LogP contribution < -0.4 is 0 Å². The van der Waals surface area contributed by atoms with Gasteiger partial charge in [-0.15, -0.1) is 0 Å². The van der Waals surface area contributed by atoms with Gasteiger partial charge in [0.25, 0.3) is 0 Å². The molecule has 0 aliphatic carbocycles. The molecule has 1 aliphatic heterocycles. The van der Waals surface area contributed by atoms with E-state index < -0.39 is 36.0 Å². The van der Waals surface area contributed by atoms with Crippen LogP contribution in [-0.2, 0) is 19.1 Å². The van der Waals surface area contributed by atoms with Crippen LogP contribution in [0.3, 0.4) is 0 Å². The van der Waals surface area contributed by atoms with Gasteiger partial charge in [-0.3, -0.25) is 9.59 Å². The minimum atomic E-state index is -1.09. The van der Waals surface area contributed by atoms with Crippen molar-refractivity contribution in [1.82, 2.24) is 0 Å². The van der Waals surface area contributed by atoms with Gasteiger partial charge in [0.1, 0.15) is 12.7 Å². The van der Waals surface area contributed by atoms with E-state index in [0.717, 1.165) is 0 Å². The third kappa shape index (κ3) is 4.42. The van der Waals surface area contributed by atoms with Crippen molar-refractivity contribution in [3.8, 4) is 0 Å². The minimum Gasteiger partial charge on any atom is -0.481 e. The molecule has 1 aromatic carbocycles. The first-order valence-corrected chi connectivity index (χ1v) is 7.38. The van der Waals surface area contributed by atoms with Crippen LogP contribution in [0.1, 0.15) is 23.2 Å². The van der Waals surface area contributed by atoms with Crippen molar-refractivity contribution in [2.75, 3.05) is 6.61 Å². The predicted molar refractivity (Wildman–Crippen MR) is 82.5 cm³/mol. The quantitative estimate of drug-likeness (QED) is 0.577. The zero-order valence-corrected chi connectivity index (χ0v) is 12.9. The second-order valence-corrected chi connectivity index (χ2v) is 5.50. The number of hydrogen-bond acceptors (Lipinski definition) is 5. The van der Waals surface area contributed by atoms with Crippen molar-refractivity contribution in [3.63, 3.8) is 0 Å². The lowest BCUT2D eigenvalue weighted by atomic mass is 9.90. The number of hydrogen-bond donors (Lipinski definition) is 2. The summed E-state index contributed by atoms with van der Waals surface area (Å²) in [6.07, 6.45) is -2.13. The van der Waals surface area contributed by atoms with Gasteiger partial charge in [-0.25, -0.2) is 4.79 Å². The molecule has 7 heteroatoms. The van der Waals surface area contributed by atoms with E-state index in [2.05, 4.69) is 6.58 Å². The molecule has 7 nitrogen and oxygen atoms in total. The van der Waals surface area contributed by atoms with E-state index in [-0.39, 0.29) is 19.4 Å². The molecule has 1 unspecified atom stereocenters. The molecule has 128 valence electrons. The van der Waals surface area contributed by atoms with Gasteiger partial charge in [0, 0.05) is 5.92 Å². The average Bonchev–Trinajstić information content (AvgIpc) is 2.81. The van der Waals surface area contributed by atoms with Crippen molar-refractivity contribution >= 4 is 17.9 Å². The Morgan fingerprint density at radius 1 is 1.08 bits per heavy atom. The number of aliphatic carboxylic acids is 2. The molecule has 2 rings (SSSR count). The Morgan fingerprint density at radius 2 is 1.71 bits per heavy atom. The van der Waals surface area contributed by atoms with E-state index in [1.54, 1.807) is 30.3 Å². The summed E-state index contributed by atoms with van der Waals surface area (Å²) in [7, 11) is 0. The summed E-state index contributed by atoms with van der Waals surface area (Å²) in [6.45, 7) is 3.67. The van der Waals surface area contributed by atoms with Gasteiger partial charge in [-0.1, -0.05) is 24.8 Å². The van der Waals surface area contributed by atoms with Crippen LogP contribution in [-0.4, -0.2) is 46.9 Å². The normalized spacial score (nSPS) is 23.0. The van der Waals surface area contributed by atoms with E-state index in [4.69, 9.17) is 19.7 Å². The number of carboxylic acid groups (broad SMARTS) is 2. The molecular weight excluding hydrogens is 316 g/mol. The highest BCUT2D eigenvalue weighted by molar-refractivity contribution is 5.89. The first-order chi connectivity index (χ1) is 11.4. The SMILES string of the molecule is C=C1[C@@H](CC(=O)O)C(CC(=O)O)O[C@@H]1COC(=O)c1ccccc1. The molecule has 1 saturated heterocycles. The fraction of sp³-hybridized carbons (Fsp3) is 0.353. The maximum absolute atomic E-state index is 11.9. The van der Waals surface area contributed by atoms with Gasteiger partial charge >= 0.3 is 17.9 Å². The molecule has 0 spiro atoms. The summed E-state index contributed by atoms with van der Waals surface area (Å²) in [5.74, 6) is -3.32. The van der Waals surface area contributed by atoms with Crippen molar-refractivity contribution in [1.29, 1.82) is 0 Å². The molecule has 3 atom stereocenters. The van der Waals surface area contributed by atoms with Crippen LogP contribution in [0.2, 0.25) is 0 Å². The molecule has 0 saturated carbocycles. The van der Waals surface area contributed by atoms with Crippen LogP contribution in [0.4, 0.5) is 0 Å². The zero-order chi connectivity index (χ0) is 17.7. The lowest BCUT2D eigenvalue weighted by Crippen LogP contribution is -2.23. The molecule has 24 heavy (non-hydrogen) atoms.